The first-order chi connectivity index (χ1) is 11.1. The van der Waals surface area contributed by atoms with Gasteiger partial charge in [-0.2, -0.15) is 0 Å². The lowest BCUT2D eigenvalue weighted by Gasteiger charge is -2.29. The molecule has 2 N–H and O–H groups in total. The van der Waals surface area contributed by atoms with E-state index in [4.69, 9.17) is 9.47 Å². The molecule has 1 saturated heterocycles. The van der Waals surface area contributed by atoms with Crippen LogP contribution in [0.5, 0.6) is 11.5 Å². The lowest BCUT2D eigenvalue weighted by molar-refractivity contribution is -0.145. The van der Waals surface area contributed by atoms with Crippen molar-refractivity contribution in [2.75, 3.05) is 19.9 Å². The van der Waals surface area contributed by atoms with E-state index in [2.05, 4.69) is 0 Å². The van der Waals surface area contributed by atoms with E-state index in [9.17, 15) is 15.0 Å². The molecule has 124 valence electrons. The number of fused-ring (bicyclic) bond motifs is 1. The molecule has 1 aromatic carbocycles. The number of nitrogens with zero attached hydrogens (tertiary/aromatic N) is 1. The summed E-state index contributed by atoms with van der Waals surface area (Å²) in [5.41, 5.74) is 0.797. The normalized spacial score (nSPS) is 19.8. The van der Waals surface area contributed by atoms with Gasteiger partial charge in [0.05, 0.1) is 0 Å². The van der Waals surface area contributed by atoms with Crippen molar-refractivity contribution in [3.8, 4) is 11.5 Å². The fraction of sp³-hybridized carbons (Fsp3) is 0.471. The third kappa shape index (κ3) is 3.65. The van der Waals surface area contributed by atoms with Crippen LogP contribution in [0, 0.1) is 0 Å². The van der Waals surface area contributed by atoms with Gasteiger partial charge in [-0.05, 0) is 37.0 Å². The number of likely N-dealkylation sites (tertiary alicyclic amines) is 1. The smallest absolute Gasteiger partial charge is 0.254 e. The molecule has 6 heteroatoms. The van der Waals surface area contributed by atoms with Crippen molar-refractivity contribution in [1.82, 2.24) is 4.90 Å². The van der Waals surface area contributed by atoms with Gasteiger partial charge >= 0.3 is 0 Å². The van der Waals surface area contributed by atoms with Crippen LogP contribution in [0.1, 0.15) is 24.8 Å². The minimum atomic E-state index is -1.43. The number of aliphatic hydroxyl groups is 2. The van der Waals surface area contributed by atoms with E-state index in [0.717, 1.165) is 24.8 Å². The molecule has 0 aromatic heterocycles. The monoisotopic (exact) mass is 319 g/mol. The second-order valence-corrected chi connectivity index (χ2v) is 5.79. The van der Waals surface area contributed by atoms with Crippen molar-refractivity contribution >= 4 is 12.0 Å². The maximum Gasteiger partial charge on any atom is 0.254 e. The zero-order valence-electron chi connectivity index (χ0n) is 12.9. The highest BCUT2D eigenvalue weighted by molar-refractivity contribution is 5.81. The van der Waals surface area contributed by atoms with Gasteiger partial charge in [0.15, 0.2) is 17.6 Å². The predicted octanol–water partition coefficient (Wildman–Crippen LogP) is 1.16. The summed E-state index contributed by atoms with van der Waals surface area (Å²) in [5.74, 6) is 0.919. The summed E-state index contributed by atoms with van der Waals surface area (Å²) in [4.78, 5) is 13.8. The fourth-order valence-electron chi connectivity index (χ4n) is 2.78. The molecule has 2 aliphatic heterocycles. The van der Waals surface area contributed by atoms with Crippen molar-refractivity contribution in [2.45, 2.75) is 31.5 Å². The first-order valence-corrected chi connectivity index (χ1v) is 7.88. The van der Waals surface area contributed by atoms with Gasteiger partial charge in [-0.25, -0.2) is 0 Å². The van der Waals surface area contributed by atoms with E-state index in [1.807, 2.05) is 6.07 Å². The highest BCUT2D eigenvalue weighted by Gasteiger charge is 2.28. The Bertz CT molecular complexity index is 595. The standard InChI is InChI=1S/C17H21NO5/c19-13(16(20)17(21)18-8-2-1-3-9-18)6-4-12-5-7-14-15(10-12)23-11-22-14/h4-7,10,13,16,19-20H,1-3,8-9,11H2/b6-4+/t13-,16-/m1/s1. The second-order valence-electron chi connectivity index (χ2n) is 5.79. The second kappa shape index (κ2) is 7.02. The van der Waals surface area contributed by atoms with Crippen LogP contribution in [-0.2, 0) is 4.79 Å². The van der Waals surface area contributed by atoms with Crippen molar-refractivity contribution < 1.29 is 24.5 Å². The van der Waals surface area contributed by atoms with E-state index in [1.54, 1.807) is 23.1 Å². The van der Waals surface area contributed by atoms with Gasteiger partial charge in [0.25, 0.3) is 5.91 Å². The number of aliphatic hydroxyl groups excluding tert-OH is 2. The maximum atomic E-state index is 12.1. The minimum Gasteiger partial charge on any atom is -0.454 e. The van der Waals surface area contributed by atoms with Crippen LogP contribution in [0.2, 0.25) is 0 Å². The topological polar surface area (TPSA) is 79.2 Å². The maximum absolute atomic E-state index is 12.1. The van der Waals surface area contributed by atoms with Gasteiger partial charge in [0.2, 0.25) is 6.79 Å². The molecule has 2 aliphatic rings. The Kier molecular flexibility index (Phi) is 4.83. The van der Waals surface area contributed by atoms with Crippen LogP contribution in [0.3, 0.4) is 0 Å². The van der Waals surface area contributed by atoms with E-state index < -0.39 is 18.1 Å². The van der Waals surface area contributed by atoms with Crippen LogP contribution < -0.4 is 9.47 Å². The molecule has 6 nitrogen and oxygen atoms in total. The number of carbonyl (C=O) groups is 1. The number of hydrogen-bond donors (Lipinski definition) is 2. The molecule has 1 aromatic rings. The van der Waals surface area contributed by atoms with Gasteiger partial charge in [-0.1, -0.05) is 18.2 Å². The molecule has 0 aliphatic carbocycles. The molecular formula is C17H21NO5. The molecule has 1 amide bonds. The number of benzene rings is 1. The summed E-state index contributed by atoms with van der Waals surface area (Å²) in [6, 6.07) is 5.38. The third-order valence-electron chi connectivity index (χ3n) is 4.13. The predicted molar refractivity (Wildman–Crippen MR) is 84.0 cm³/mol. The first-order valence-electron chi connectivity index (χ1n) is 7.88. The summed E-state index contributed by atoms with van der Waals surface area (Å²) >= 11 is 0. The Labute approximate surface area is 134 Å². The largest absolute Gasteiger partial charge is 0.454 e. The zero-order chi connectivity index (χ0) is 16.2. The van der Waals surface area contributed by atoms with Gasteiger partial charge in [-0.3, -0.25) is 4.79 Å². The SMILES string of the molecule is O=C([C@H](O)[C@H](O)/C=C/c1ccc2c(c1)OCO2)N1CCCCC1. The van der Waals surface area contributed by atoms with Crippen LogP contribution in [0.15, 0.2) is 24.3 Å². The Morgan fingerprint density at radius 3 is 2.65 bits per heavy atom. The Hall–Kier alpha value is -2.05. The number of amides is 1. The summed E-state index contributed by atoms with van der Waals surface area (Å²) in [7, 11) is 0. The average molecular weight is 319 g/mol. The highest BCUT2D eigenvalue weighted by Crippen LogP contribution is 2.32. The molecular weight excluding hydrogens is 298 g/mol. The zero-order valence-corrected chi connectivity index (χ0v) is 12.9. The van der Waals surface area contributed by atoms with Crippen molar-refractivity contribution in [2.24, 2.45) is 0 Å². The fourth-order valence-corrected chi connectivity index (χ4v) is 2.78. The quantitative estimate of drug-likeness (QED) is 0.871. The molecule has 2 atom stereocenters. The lowest BCUT2D eigenvalue weighted by Crippen LogP contribution is -2.46. The first kappa shape index (κ1) is 15.8. The third-order valence-corrected chi connectivity index (χ3v) is 4.13. The van der Waals surface area contributed by atoms with E-state index in [0.29, 0.717) is 24.6 Å². The minimum absolute atomic E-state index is 0.203. The molecule has 1 fully saturated rings. The highest BCUT2D eigenvalue weighted by atomic mass is 16.7. The number of ether oxygens (including phenoxy) is 2. The number of piperidine rings is 1. The van der Waals surface area contributed by atoms with Crippen LogP contribution >= 0.6 is 0 Å². The summed E-state index contributed by atoms with van der Waals surface area (Å²) in [6.45, 7) is 1.50. The van der Waals surface area contributed by atoms with E-state index in [-0.39, 0.29) is 6.79 Å². The number of carbonyl (C=O) groups excluding carboxylic acids is 1. The number of rotatable bonds is 4. The Morgan fingerprint density at radius 1 is 1.13 bits per heavy atom. The molecule has 3 rings (SSSR count). The lowest BCUT2D eigenvalue weighted by atomic mass is 10.1. The van der Waals surface area contributed by atoms with Crippen LogP contribution in [-0.4, -0.2) is 53.1 Å². The van der Waals surface area contributed by atoms with Gasteiger partial charge in [0, 0.05) is 13.1 Å². The summed E-state index contributed by atoms with van der Waals surface area (Å²) in [6.07, 6.45) is 3.40. The van der Waals surface area contributed by atoms with Crippen LogP contribution in [0.25, 0.3) is 6.08 Å². The summed E-state index contributed by atoms with van der Waals surface area (Å²) in [5, 5.41) is 20.1. The van der Waals surface area contributed by atoms with Crippen molar-refractivity contribution in [3.05, 3.63) is 29.8 Å². The molecule has 2 heterocycles. The molecule has 0 saturated carbocycles. The molecule has 0 spiro atoms. The molecule has 23 heavy (non-hydrogen) atoms. The molecule has 0 unspecified atom stereocenters. The van der Waals surface area contributed by atoms with Crippen molar-refractivity contribution in [1.29, 1.82) is 0 Å². The molecule has 0 bridgehead atoms. The average Bonchev–Trinajstić information content (AvgIpc) is 3.06. The van der Waals surface area contributed by atoms with E-state index in [1.165, 1.54) is 6.08 Å². The molecule has 0 radical (unpaired) electrons. The van der Waals surface area contributed by atoms with Crippen LogP contribution in [0.4, 0.5) is 0 Å². The number of hydrogen-bond acceptors (Lipinski definition) is 5. The summed E-state index contributed by atoms with van der Waals surface area (Å²) < 4.78 is 10.5. The van der Waals surface area contributed by atoms with Crippen molar-refractivity contribution in [3.63, 3.8) is 0 Å². The van der Waals surface area contributed by atoms with Gasteiger partial charge in [-0.15, -0.1) is 0 Å². The van der Waals surface area contributed by atoms with Gasteiger partial charge < -0.3 is 24.6 Å². The van der Waals surface area contributed by atoms with E-state index >= 15 is 0 Å². The Morgan fingerprint density at radius 2 is 1.87 bits per heavy atom. The van der Waals surface area contributed by atoms with Gasteiger partial charge in [0.1, 0.15) is 6.10 Å². The Balaban J connectivity index is 1.61.